The van der Waals surface area contributed by atoms with Crippen LogP contribution in [0.25, 0.3) is 0 Å². The Labute approximate surface area is 122 Å². The van der Waals surface area contributed by atoms with Crippen LogP contribution in [0.3, 0.4) is 0 Å². The Balaban J connectivity index is 1.60. The molecule has 1 unspecified atom stereocenters. The first kappa shape index (κ1) is 14.1. The Kier molecular flexibility index (Phi) is 4.12. The van der Waals surface area contributed by atoms with E-state index in [1.807, 2.05) is 16.8 Å². The van der Waals surface area contributed by atoms with Crippen molar-refractivity contribution in [3.63, 3.8) is 0 Å². The number of thiophene rings is 1. The van der Waals surface area contributed by atoms with Crippen molar-refractivity contribution >= 4 is 24.4 Å². The van der Waals surface area contributed by atoms with E-state index in [0.29, 0.717) is 6.42 Å². The Morgan fingerprint density at radius 3 is 2.95 bits per heavy atom. The molecule has 20 heavy (non-hydrogen) atoms. The summed E-state index contributed by atoms with van der Waals surface area (Å²) >= 11 is 1.55. The highest BCUT2D eigenvalue weighted by Crippen LogP contribution is 2.38. The van der Waals surface area contributed by atoms with E-state index in [1.165, 1.54) is 0 Å². The Morgan fingerprint density at radius 1 is 1.55 bits per heavy atom. The van der Waals surface area contributed by atoms with Crippen LogP contribution in [-0.4, -0.2) is 41.2 Å². The number of hydrogen-bond acceptors (Lipinski definition) is 5. The third kappa shape index (κ3) is 2.91. The summed E-state index contributed by atoms with van der Waals surface area (Å²) in [6.07, 6.45) is 3.37. The average molecular weight is 295 g/mol. The molecule has 2 saturated heterocycles. The molecule has 0 aliphatic carbocycles. The number of hydrogen-bond donors (Lipinski definition) is 3. The quantitative estimate of drug-likeness (QED) is 0.685. The van der Waals surface area contributed by atoms with E-state index in [4.69, 9.17) is 4.74 Å². The number of rotatable bonds is 5. The number of amides is 1. The smallest absolute Gasteiger partial charge is 0.426 e. The van der Waals surface area contributed by atoms with Crippen LogP contribution in [0.2, 0.25) is 0 Å². The highest BCUT2D eigenvalue weighted by atomic mass is 32.1. The summed E-state index contributed by atoms with van der Waals surface area (Å²) in [4.78, 5) is 12.3. The summed E-state index contributed by atoms with van der Waals surface area (Å²) in [6, 6.07) is 1.92. The lowest BCUT2D eigenvalue weighted by atomic mass is 9.75. The number of carbonyl (C=O) groups excluding carboxylic acids is 1. The van der Waals surface area contributed by atoms with Crippen LogP contribution in [0.15, 0.2) is 16.8 Å². The molecule has 2 fully saturated rings. The fraction of sp³-hybridized carbons (Fsp3) is 0.615. The Morgan fingerprint density at radius 2 is 2.40 bits per heavy atom. The summed E-state index contributed by atoms with van der Waals surface area (Å²) in [5.41, 5.74) is 0.998. The summed E-state index contributed by atoms with van der Waals surface area (Å²) < 4.78 is 5.67. The third-order valence-electron chi connectivity index (χ3n) is 4.17. The van der Waals surface area contributed by atoms with Gasteiger partial charge in [-0.05, 0) is 48.1 Å². The van der Waals surface area contributed by atoms with Gasteiger partial charge in [0.2, 0.25) is 5.91 Å². The van der Waals surface area contributed by atoms with E-state index in [0.717, 1.165) is 24.8 Å². The lowest BCUT2D eigenvalue weighted by Gasteiger charge is -2.23. The second-order valence-corrected chi connectivity index (χ2v) is 6.36. The van der Waals surface area contributed by atoms with Crippen LogP contribution in [0.1, 0.15) is 24.8 Å². The topological polar surface area (TPSA) is 78.8 Å². The molecule has 2 bridgehead atoms. The summed E-state index contributed by atoms with van der Waals surface area (Å²) in [5, 5.41) is 25.5. The van der Waals surface area contributed by atoms with Crippen molar-refractivity contribution in [2.45, 2.75) is 43.8 Å². The van der Waals surface area contributed by atoms with Crippen molar-refractivity contribution in [2.75, 3.05) is 0 Å². The van der Waals surface area contributed by atoms with Crippen LogP contribution < -0.4 is 5.32 Å². The average Bonchev–Trinajstić information content (AvgIpc) is 3.14. The van der Waals surface area contributed by atoms with Crippen molar-refractivity contribution in [3.05, 3.63) is 22.4 Å². The van der Waals surface area contributed by atoms with Gasteiger partial charge < -0.3 is 20.1 Å². The van der Waals surface area contributed by atoms with Gasteiger partial charge in [0.15, 0.2) is 0 Å². The molecule has 0 aromatic carbocycles. The maximum atomic E-state index is 12.3. The Bertz CT molecular complexity index is 467. The maximum absolute atomic E-state index is 12.3. The van der Waals surface area contributed by atoms with Crippen LogP contribution in [0, 0.1) is 5.92 Å². The number of carbonyl (C=O) groups is 1. The van der Waals surface area contributed by atoms with Crippen LogP contribution in [-0.2, 0) is 16.0 Å². The van der Waals surface area contributed by atoms with Crippen molar-refractivity contribution in [2.24, 2.45) is 5.92 Å². The van der Waals surface area contributed by atoms with E-state index in [2.05, 4.69) is 5.32 Å². The molecule has 3 N–H and O–H groups in total. The first-order valence-corrected chi connectivity index (χ1v) is 7.91. The number of ether oxygens (including phenoxy) is 1. The largest absolute Gasteiger partial charge is 0.475 e. The van der Waals surface area contributed by atoms with E-state index < -0.39 is 13.1 Å². The predicted molar refractivity (Wildman–Crippen MR) is 76.1 cm³/mol. The highest BCUT2D eigenvalue weighted by molar-refractivity contribution is 7.07. The molecule has 108 valence electrons. The van der Waals surface area contributed by atoms with Gasteiger partial charge in [0.05, 0.1) is 24.1 Å². The fourth-order valence-corrected chi connectivity index (χ4v) is 3.78. The van der Waals surface area contributed by atoms with Gasteiger partial charge in [-0.3, -0.25) is 4.79 Å². The Hall–Kier alpha value is -0.885. The van der Waals surface area contributed by atoms with Crippen LogP contribution in [0.5, 0.6) is 0 Å². The van der Waals surface area contributed by atoms with Crippen LogP contribution in [0.4, 0.5) is 0 Å². The van der Waals surface area contributed by atoms with Gasteiger partial charge in [0.25, 0.3) is 0 Å². The SMILES string of the molecule is O=C(NC(Cc1ccsc1)B(O)O)[C@@H]1C[C@H]2CC[C@@H]1O2. The van der Waals surface area contributed by atoms with Gasteiger partial charge in [0.1, 0.15) is 0 Å². The minimum atomic E-state index is -1.56. The molecular weight excluding hydrogens is 277 g/mol. The molecular formula is C13H18BNO4S. The fourth-order valence-electron chi connectivity index (χ4n) is 3.10. The zero-order valence-corrected chi connectivity index (χ0v) is 11.9. The minimum Gasteiger partial charge on any atom is -0.426 e. The normalized spacial score (nSPS) is 29.4. The second kappa shape index (κ2) is 5.85. The maximum Gasteiger partial charge on any atom is 0.475 e. The van der Waals surface area contributed by atoms with E-state index >= 15 is 0 Å². The van der Waals surface area contributed by atoms with Gasteiger partial charge in [-0.25, -0.2) is 0 Å². The van der Waals surface area contributed by atoms with Gasteiger partial charge >= 0.3 is 7.12 Å². The number of fused-ring (bicyclic) bond motifs is 2. The molecule has 3 heterocycles. The summed E-state index contributed by atoms with van der Waals surface area (Å²) in [5.74, 6) is -0.931. The molecule has 2 aliphatic heterocycles. The van der Waals surface area contributed by atoms with Gasteiger partial charge in [0, 0.05) is 0 Å². The first-order valence-electron chi connectivity index (χ1n) is 6.96. The highest BCUT2D eigenvalue weighted by Gasteiger charge is 2.45. The third-order valence-corrected chi connectivity index (χ3v) is 4.90. The lowest BCUT2D eigenvalue weighted by molar-refractivity contribution is -0.126. The summed E-state index contributed by atoms with van der Waals surface area (Å²) in [7, 11) is -1.56. The van der Waals surface area contributed by atoms with Crippen molar-refractivity contribution in [1.82, 2.24) is 5.32 Å². The zero-order chi connectivity index (χ0) is 14.1. The molecule has 0 radical (unpaired) electrons. The number of nitrogens with one attached hydrogen (secondary N) is 1. The summed E-state index contributed by atoms with van der Waals surface area (Å²) in [6.45, 7) is 0. The molecule has 2 aliphatic rings. The van der Waals surface area contributed by atoms with Gasteiger partial charge in [-0.2, -0.15) is 11.3 Å². The molecule has 0 saturated carbocycles. The zero-order valence-electron chi connectivity index (χ0n) is 11.1. The second-order valence-electron chi connectivity index (χ2n) is 5.58. The molecule has 1 aromatic rings. The first-order chi connectivity index (χ1) is 9.63. The molecule has 3 rings (SSSR count). The van der Waals surface area contributed by atoms with E-state index in [9.17, 15) is 14.8 Å². The molecule has 5 nitrogen and oxygen atoms in total. The van der Waals surface area contributed by atoms with Gasteiger partial charge in [-0.1, -0.05) is 0 Å². The monoisotopic (exact) mass is 295 g/mol. The van der Waals surface area contributed by atoms with Gasteiger partial charge in [-0.15, -0.1) is 0 Å². The molecule has 1 amide bonds. The van der Waals surface area contributed by atoms with Crippen molar-refractivity contribution < 1.29 is 19.6 Å². The lowest BCUT2D eigenvalue weighted by Crippen LogP contribution is -2.50. The molecule has 1 aromatic heterocycles. The van der Waals surface area contributed by atoms with E-state index in [1.54, 1.807) is 11.3 Å². The minimum absolute atomic E-state index is 0.0117. The molecule has 4 atom stereocenters. The standard InChI is InChI=1S/C13H18BNO4S/c16-13(10-6-9-1-2-11(10)19-9)15-12(14(17)18)5-8-3-4-20-7-8/h3-4,7,9-12,17-18H,1-2,5-6H2,(H,15,16)/t9-,10-,11+,12?/m1/s1. The molecule has 7 heteroatoms. The van der Waals surface area contributed by atoms with Crippen molar-refractivity contribution in [1.29, 1.82) is 0 Å². The van der Waals surface area contributed by atoms with Crippen molar-refractivity contribution in [3.8, 4) is 0 Å². The van der Waals surface area contributed by atoms with Crippen LogP contribution >= 0.6 is 11.3 Å². The predicted octanol–water partition coefficient (Wildman–Crippen LogP) is 0.355. The molecule has 0 spiro atoms. The van der Waals surface area contributed by atoms with E-state index in [-0.39, 0.29) is 24.0 Å².